The Hall–Kier alpha value is -4.32. The number of amides is 1. The summed E-state index contributed by atoms with van der Waals surface area (Å²) in [4.78, 5) is 32.7. The third kappa shape index (κ3) is 8.34. The number of para-hydroxylation sites is 1. The van der Waals surface area contributed by atoms with Gasteiger partial charge in [-0.25, -0.2) is 9.78 Å². The standard InChI is InChI=1S/C29H28F3N3O5S/c1-3-38-26(36)19-35(28(37)40-23-8-6-7-21(17-23)29(30,31)32)18-20-11-13-22(14-12-20)39-16-15-34(2)27-33-24-9-4-5-10-25(24)41-27/h4-14,17H,3,15-16,18-19H2,1-2H3. The van der Waals surface area contributed by atoms with E-state index in [1.807, 2.05) is 36.2 Å². The van der Waals surface area contributed by atoms with E-state index in [-0.39, 0.29) is 18.9 Å². The van der Waals surface area contributed by atoms with E-state index >= 15 is 0 Å². The lowest BCUT2D eigenvalue weighted by molar-refractivity contribution is -0.144. The molecule has 216 valence electrons. The Morgan fingerprint density at radius 1 is 0.976 bits per heavy atom. The van der Waals surface area contributed by atoms with Gasteiger partial charge in [-0.1, -0.05) is 41.7 Å². The highest BCUT2D eigenvalue weighted by atomic mass is 32.1. The number of carbonyl (C=O) groups excluding carboxylic acids is 2. The third-order valence-electron chi connectivity index (χ3n) is 5.85. The number of esters is 1. The largest absolute Gasteiger partial charge is 0.492 e. The highest BCUT2D eigenvalue weighted by molar-refractivity contribution is 7.22. The van der Waals surface area contributed by atoms with Crippen LogP contribution in [0.15, 0.2) is 72.8 Å². The number of fused-ring (bicyclic) bond motifs is 1. The zero-order valence-corrected chi connectivity index (χ0v) is 23.2. The SMILES string of the molecule is CCOC(=O)CN(Cc1ccc(OCCN(C)c2nc3ccccc3s2)cc1)C(=O)Oc1cccc(C(F)(F)F)c1. The number of carbonyl (C=O) groups is 2. The average molecular weight is 588 g/mol. The molecular formula is C29H28F3N3O5S. The van der Waals surface area contributed by atoms with Gasteiger partial charge in [0.2, 0.25) is 0 Å². The number of thiazole rings is 1. The summed E-state index contributed by atoms with van der Waals surface area (Å²) in [7, 11) is 1.95. The van der Waals surface area contributed by atoms with Crippen LogP contribution in [-0.4, -0.2) is 55.3 Å². The summed E-state index contributed by atoms with van der Waals surface area (Å²) < 4.78 is 56.2. The monoisotopic (exact) mass is 587 g/mol. The first-order valence-electron chi connectivity index (χ1n) is 12.7. The van der Waals surface area contributed by atoms with E-state index in [0.29, 0.717) is 24.5 Å². The fourth-order valence-corrected chi connectivity index (χ4v) is 4.73. The van der Waals surface area contributed by atoms with Crippen molar-refractivity contribution in [2.24, 2.45) is 0 Å². The summed E-state index contributed by atoms with van der Waals surface area (Å²) in [5.41, 5.74) is 0.641. The van der Waals surface area contributed by atoms with Crippen LogP contribution in [0.3, 0.4) is 0 Å². The fourth-order valence-electron chi connectivity index (χ4n) is 3.78. The van der Waals surface area contributed by atoms with E-state index in [9.17, 15) is 22.8 Å². The molecule has 0 bridgehead atoms. The Morgan fingerprint density at radius 2 is 1.73 bits per heavy atom. The van der Waals surface area contributed by atoms with Crippen molar-refractivity contribution in [2.45, 2.75) is 19.6 Å². The molecule has 41 heavy (non-hydrogen) atoms. The van der Waals surface area contributed by atoms with Crippen molar-refractivity contribution >= 4 is 38.7 Å². The van der Waals surface area contributed by atoms with Crippen molar-refractivity contribution in [3.05, 3.63) is 83.9 Å². The van der Waals surface area contributed by atoms with Crippen LogP contribution in [0, 0.1) is 0 Å². The number of hydrogen-bond acceptors (Lipinski definition) is 8. The number of hydrogen-bond donors (Lipinski definition) is 0. The van der Waals surface area contributed by atoms with Gasteiger partial charge in [-0.05, 0) is 55.0 Å². The highest BCUT2D eigenvalue weighted by Crippen LogP contribution is 2.31. The summed E-state index contributed by atoms with van der Waals surface area (Å²) in [6, 6.07) is 18.8. The van der Waals surface area contributed by atoms with Crippen LogP contribution in [0.2, 0.25) is 0 Å². The van der Waals surface area contributed by atoms with Gasteiger partial charge in [-0.15, -0.1) is 0 Å². The van der Waals surface area contributed by atoms with E-state index in [1.54, 1.807) is 42.5 Å². The number of likely N-dealkylation sites (N-methyl/N-ethyl adjacent to an activating group) is 1. The second kappa shape index (κ2) is 13.4. The predicted molar refractivity (Wildman–Crippen MR) is 149 cm³/mol. The van der Waals surface area contributed by atoms with Crippen molar-refractivity contribution in [1.29, 1.82) is 0 Å². The molecule has 0 unspecified atom stereocenters. The maximum atomic E-state index is 13.0. The molecule has 0 saturated heterocycles. The summed E-state index contributed by atoms with van der Waals surface area (Å²) in [6.07, 6.45) is -5.59. The maximum absolute atomic E-state index is 13.0. The van der Waals surface area contributed by atoms with Crippen molar-refractivity contribution in [1.82, 2.24) is 9.88 Å². The van der Waals surface area contributed by atoms with E-state index in [0.717, 1.165) is 38.4 Å². The predicted octanol–water partition coefficient (Wildman–Crippen LogP) is 6.39. The minimum atomic E-state index is -4.60. The molecule has 1 amide bonds. The lowest BCUT2D eigenvalue weighted by atomic mass is 10.2. The number of benzene rings is 3. The average Bonchev–Trinajstić information content (AvgIpc) is 3.38. The van der Waals surface area contributed by atoms with E-state index in [1.165, 1.54) is 6.07 Å². The van der Waals surface area contributed by atoms with Crippen molar-refractivity contribution in [3.63, 3.8) is 0 Å². The summed E-state index contributed by atoms with van der Waals surface area (Å²) in [6.45, 7) is 2.26. The van der Waals surface area contributed by atoms with Crippen LogP contribution in [0.4, 0.5) is 23.1 Å². The molecule has 0 fully saturated rings. The first-order chi connectivity index (χ1) is 19.6. The third-order valence-corrected chi connectivity index (χ3v) is 7.00. The van der Waals surface area contributed by atoms with Gasteiger partial charge in [0, 0.05) is 13.6 Å². The minimum absolute atomic E-state index is 0.0444. The lowest BCUT2D eigenvalue weighted by Crippen LogP contribution is -2.38. The minimum Gasteiger partial charge on any atom is -0.492 e. The van der Waals surface area contributed by atoms with Crippen molar-refractivity contribution < 1.29 is 37.0 Å². The van der Waals surface area contributed by atoms with E-state index in [4.69, 9.17) is 14.2 Å². The van der Waals surface area contributed by atoms with Crippen LogP contribution < -0.4 is 14.4 Å². The van der Waals surface area contributed by atoms with Crippen LogP contribution in [0.1, 0.15) is 18.1 Å². The van der Waals surface area contributed by atoms with Gasteiger partial charge in [0.15, 0.2) is 5.13 Å². The van der Waals surface area contributed by atoms with E-state index < -0.39 is 30.3 Å². The van der Waals surface area contributed by atoms with Gasteiger partial charge in [-0.2, -0.15) is 13.2 Å². The molecule has 0 N–H and O–H groups in total. The second-order valence-electron chi connectivity index (χ2n) is 8.93. The Bertz CT molecular complexity index is 1440. The van der Waals surface area contributed by atoms with Crippen LogP contribution in [-0.2, 0) is 22.3 Å². The Kier molecular flexibility index (Phi) is 9.66. The zero-order chi connectivity index (χ0) is 29.4. The van der Waals surface area contributed by atoms with Gasteiger partial charge >= 0.3 is 18.2 Å². The fraction of sp³-hybridized carbons (Fsp3) is 0.276. The van der Waals surface area contributed by atoms with Crippen molar-refractivity contribution in [3.8, 4) is 11.5 Å². The molecule has 0 spiro atoms. The Morgan fingerprint density at radius 3 is 2.44 bits per heavy atom. The zero-order valence-electron chi connectivity index (χ0n) is 22.4. The Labute approximate surface area is 238 Å². The topological polar surface area (TPSA) is 81.2 Å². The molecule has 4 rings (SSSR count). The van der Waals surface area contributed by atoms with Gasteiger partial charge in [0.1, 0.15) is 24.7 Å². The molecule has 4 aromatic rings. The van der Waals surface area contributed by atoms with Crippen LogP contribution >= 0.6 is 11.3 Å². The molecule has 0 saturated carbocycles. The molecule has 0 aliphatic heterocycles. The second-order valence-corrected chi connectivity index (χ2v) is 9.94. The van der Waals surface area contributed by atoms with Crippen LogP contribution in [0.25, 0.3) is 10.2 Å². The summed E-state index contributed by atoms with van der Waals surface area (Å²) in [5.74, 6) is -0.362. The van der Waals surface area contributed by atoms with Crippen LogP contribution in [0.5, 0.6) is 11.5 Å². The molecule has 1 aromatic heterocycles. The number of aromatic nitrogens is 1. The number of halogens is 3. The first kappa shape index (κ1) is 29.7. The Balaban J connectivity index is 1.35. The van der Waals surface area contributed by atoms with Gasteiger partial charge < -0.3 is 19.1 Å². The number of rotatable bonds is 11. The molecule has 0 aliphatic carbocycles. The van der Waals surface area contributed by atoms with Crippen molar-refractivity contribution in [2.75, 3.05) is 38.3 Å². The lowest BCUT2D eigenvalue weighted by Gasteiger charge is -2.21. The smallest absolute Gasteiger partial charge is 0.416 e. The molecule has 8 nitrogen and oxygen atoms in total. The molecule has 0 aliphatic rings. The molecular weight excluding hydrogens is 559 g/mol. The number of ether oxygens (including phenoxy) is 3. The molecule has 3 aromatic carbocycles. The number of nitrogens with zero attached hydrogens (tertiary/aromatic N) is 3. The molecule has 0 atom stereocenters. The first-order valence-corrected chi connectivity index (χ1v) is 13.5. The molecule has 12 heteroatoms. The summed E-state index contributed by atoms with van der Waals surface area (Å²) >= 11 is 1.60. The van der Waals surface area contributed by atoms with Gasteiger partial charge in [0.25, 0.3) is 0 Å². The molecule has 0 radical (unpaired) electrons. The number of alkyl halides is 3. The van der Waals surface area contributed by atoms with Gasteiger partial charge in [0.05, 0.1) is 28.9 Å². The van der Waals surface area contributed by atoms with E-state index in [2.05, 4.69) is 4.98 Å². The summed E-state index contributed by atoms with van der Waals surface area (Å²) in [5, 5.41) is 0.892. The van der Waals surface area contributed by atoms with Gasteiger partial charge in [-0.3, -0.25) is 9.69 Å². The maximum Gasteiger partial charge on any atom is 0.416 e. The normalized spacial score (nSPS) is 11.2. The highest BCUT2D eigenvalue weighted by Gasteiger charge is 2.31. The number of anilines is 1. The quantitative estimate of drug-likeness (QED) is 0.188. The molecule has 1 heterocycles.